The Bertz CT molecular complexity index is 1290. The molecule has 39 heavy (non-hydrogen) atoms. The third kappa shape index (κ3) is 9.47. The van der Waals surface area contributed by atoms with E-state index in [4.69, 9.17) is 14.2 Å². The highest BCUT2D eigenvalue weighted by molar-refractivity contribution is 5.93. The molecule has 3 aromatic rings. The highest BCUT2D eigenvalue weighted by Gasteiger charge is 2.10. The largest absolute Gasteiger partial charge is 0.494 e. The summed E-state index contributed by atoms with van der Waals surface area (Å²) in [5.41, 5.74) is 4.47. The van der Waals surface area contributed by atoms with Gasteiger partial charge >= 0.3 is 0 Å². The number of nitrogens with zero attached hydrogens (tertiary/aromatic N) is 2. The molecule has 0 saturated heterocycles. The minimum absolute atomic E-state index is 0.00382. The second-order valence-electron chi connectivity index (χ2n) is 8.15. The lowest BCUT2D eigenvalue weighted by atomic mass is 10.2. The molecular weight excluding hydrogens is 504 g/mol. The number of carbonyl (C=O) groups excluding carboxylic acids is 2. The van der Waals surface area contributed by atoms with E-state index >= 15 is 0 Å². The van der Waals surface area contributed by atoms with Crippen molar-refractivity contribution >= 4 is 29.4 Å². The predicted octanol–water partition coefficient (Wildman–Crippen LogP) is 4.84. The minimum atomic E-state index is -0.456. The van der Waals surface area contributed by atoms with E-state index in [2.05, 4.69) is 15.8 Å². The van der Waals surface area contributed by atoms with Crippen molar-refractivity contribution in [1.82, 2.24) is 5.43 Å². The number of benzene rings is 3. The molecule has 0 aromatic heterocycles. The average Bonchev–Trinajstić information content (AvgIpc) is 2.93. The average molecular weight is 535 g/mol. The van der Waals surface area contributed by atoms with E-state index < -0.39 is 10.8 Å². The van der Waals surface area contributed by atoms with Gasteiger partial charge in [0.15, 0.2) is 11.5 Å². The Balaban J connectivity index is 1.47. The molecule has 11 nitrogen and oxygen atoms in total. The second-order valence-corrected chi connectivity index (χ2v) is 8.15. The monoisotopic (exact) mass is 534 g/mol. The molecule has 2 N–H and O–H groups in total. The van der Waals surface area contributed by atoms with Crippen molar-refractivity contribution in [2.75, 3.05) is 18.5 Å². The molecule has 0 saturated carbocycles. The Morgan fingerprint density at radius 3 is 2.23 bits per heavy atom. The SMILES string of the molecule is CCOc1ccc(NC(=O)CCC(=O)NN=Cc2ccc(OCc3ccc([N+](=O)[O-])cc3)c(OCC)c2)cc1. The molecule has 0 aliphatic carbocycles. The van der Waals surface area contributed by atoms with Crippen molar-refractivity contribution in [3.8, 4) is 17.2 Å². The Morgan fingerprint density at radius 2 is 1.56 bits per heavy atom. The first-order valence-corrected chi connectivity index (χ1v) is 12.4. The Kier molecular flexibility index (Phi) is 10.8. The second kappa shape index (κ2) is 14.7. The highest BCUT2D eigenvalue weighted by atomic mass is 16.6. The number of nitrogens with one attached hydrogen (secondary N) is 2. The van der Waals surface area contributed by atoms with Crippen LogP contribution >= 0.6 is 0 Å². The number of nitro benzene ring substituents is 1. The first kappa shape index (κ1) is 28.6. The predicted molar refractivity (Wildman–Crippen MR) is 146 cm³/mol. The van der Waals surface area contributed by atoms with Gasteiger partial charge in [0.25, 0.3) is 5.69 Å². The zero-order chi connectivity index (χ0) is 28.0. The third-order valence-corrected chi connectivity index (χ3v) is 5.24. The van der Waals surface area contributed by atoms with Crippen molar-refractivity contribution in [3.05, 3.63) is 88.0 Å². The number of hydrogen-bond donors (Lipinski definition) is 2. The van der Waals surface area contributed by atoms with Gasteiger partial charge in [0, 0.05) is 30.7 Å². The fourth-order valence-corrected chi connectivity index (χ4v) is 3.35. The topological polar surface area (TPSA) is 141 Å². The lowest BCUT2D eigenvalue weighted by molar-refractivity contribution is -0.384. The maximum Gasteiger partial charge on any atom is 0.269 e. The van der Waals surface area contributed by atoms with Crippen LogP contribution in [0.1, 0.15) is 37.8 Å². The van der Waals surface area contributed by atoms with Gasteiger partial charge in [0.2, 0.25) is 11.8 Å². The Labute approximate surface area is 225 Å². The molecule has 0 aliphatic rings. The normalized spacial score (nSPS) is 10.6. The fraction of sp³-hybridized carbons (Fsp3) is 0.250. The van der Waals surface area contributed by atoms with Crippen LogP contribution < -0.4 is 25.0 Å². The molecule has 2 amide bonds. The summed E-state index contributed by atoms with van der Waals surface area (Å²) in [6.07, 6.45) is 1.43. The summed E-state index contributed by atoms with van der Waals surface area (Å²) >= 11 is 0. The van der Waals surface area contributed by atoms with Crippen LogP contribution in [-0.4, -0.2) is 36.2 Å². The summed E-state index contributed by atoms with van der Waals surface area (Å²) in [6.45, 7) is 4.90. The number of rotatable bonds is 14. The van der Waals surface area contributed by atoms with Gasteiger partial charge in [-0.15, -0.1) is 0 Å². The van der Waals surface area contributed by atoms with E-state index in [1.807, 2.05) is 13.8 Å². The maximum atomic E-state index is 12.1. The quantitative estimate of drug-likeness (QED) is 0.171. The molecule has 0 atom stereocenters. The van der Waals surface area contributed by atoms with Crippen LogP contribution in [0, 0.1) is 10.1 Å². The highest BCUT2D eigenvalue weighted by Crippen LogP contribution is 2.29. The molecule has 3 aromatic carbocycles. The molecule has 11 heteroatoms. The summed E-state index contributed by atoms with van der Waals surface area (Å²) in [7, 11) is 0. The van der Waals surface area contributed by atoms with Crippen molar-refractivity contribution in [3.63, 3.8) is 0 Å². The lowest BCUT2D eigenvalue weighted by Gasteiger charge is -2.12. The van der Waals surface area contributed by atoms with E-state index in [1.54, 1.807) is 54.6 Å². The summed E-state index contributed by atoms with van der Waals surface area (Å²) in [5, 5.41) is 17.5. The molecule has 0 spiro atoms. The summed E-state index contributed by atoms with van der Waals surface area (Å²) < 4.78 is 16.9. The van der Waals surface area contributed by atoms with E-state index in [1.165, 1.54) is 18.3 Å². The van der Waals surface area contributed by atoms with E-state index in [9.17, 15) is 19.7 Å². The standard InChI is InChI=1S/C28H30N4O7/c1-3-37-24-12-8-22(9-13-24)30-27(33)15-16-28(34)31-29-18-21-7-14-25(26(17-21)38-4-2)39-19-20-5-10-23(11-6-20)32(35)36/h5-14,17-18H,3-4,15-16,19H2,1-2H3,(H,30,33)(H,31,34). The molecule has 0 aliphatic heterocycles. The zero-order valence-corrected chi connectivity index (χ0v) is 21.7. The van der Waals surface area contributed by atoms with Crippen LogP contribution in [0.2, 0.25) is 0 Å². The number of hydrazone groups is 1. The van der Waals surface area contributed by atoms with Gasteiger partial charge in [-0.1, -0.05) is 0 Å². The molecule has 0 bridgehead atoms. The minimum Gasteiger partial charge on any atom is -0.494 e. The molecule has 0 heterocycles. The van der Waals surface area contributed by atoms with E-state index in [-0.39, 0.29) is 31.0 Å². The van der Waals surface area contributed by atoms with Crippen LogP contribution in [0.3, 0.4) is 0 Å². The fourth-order valence-electron chi connectivity index (χ4n) is 3.35. The Hall–Kier alpha value is -4.93. The first-order chi connectivity index (χ1) is 18.9. The van der Waals surface area contributed by atoms with Crippen LogP contribution in [-0.2, 0) is 16.2 Å². The van der Waals surface area contributed by atoms with Gasteiger partial charge in [-0.05, 0) is 79.6 Å². The third-order valence-electron chi connectivity index (χ3n) is 5.24. The number of carbonyl (C=O) groups is 2. The molecule has 0 unspecified atom stereocenters. The van der Waals surface area contributed by atoms with Crippen LogP contribution in [0.4, 0.5) is 11.4 Å². The smallest absolute Gasteiger partial charge is 0.269 e. The molecule has 0 radical (unpaired) electrons. The van der Waals surface area contributed by atoms with Gasteiger partial charge in [0.1, 0.15) is 12.4 Å². The van der Waals surface area contributed by atoms with Crippen LogP contribution in [0.25, 0.3) is 0 Å². The van der Waals surface area contributed by atoms with Gasteiger partial charge in [0.05, 0.1) is 24.4 Å². The van der Waals surface area contributed by atoms with Gasteiger partial charge in [-0.2, -0.15) is 5.10 Å². The maximum absolute atomic E-state index is 12.1. The number of hydrogen-bond acceptors (Lipinski definition) is 8. The van der Waals surface area contributed by atoms with Gasteiger partial charge < -0.3 is 19.5 Å². The number of amides is 2. The summed E-state index contributed by atoms with van der Waals surface area (Å²) in [4.78, 5) is 34.6. The first-order valence-electron chi connectivity index (χ1n) is 12.4. The number of anilines is 1. The number of nitro groups is 1. The zero-order valence-electron chi connectivity index (χ0n) is 21.7. The molecule has 0 fully saturated rings. The van der Waals surface area contributed by atoms with Crippen LogP contribution in [0.5, 0.6) is 17.2 Å². The lowest BCUT2D eigenvalue weighted by Crippen LogP contribution is -2.20. The molecule has 204 valence electrons. The van der Waals surface area contributed by atoms with Gasteiger partial charge in [-0.3, -0.25) is 19.7 Å². The number of ether oxygens (including phenoxy) is 3. The van der Waals surface area contributed by atoms with E-state index in [0.29, 0.717) is 41.7 Å². The summed E-state index contributed by atoms with van der Waals surface area (Å²) in [5.74, 6) is 1.01. The van der Waals surface area contributed by atoms with Crippen molar-refractivity contribution in [2.45, 2.75) is 33.3 Å². The molecule has 3 rings (SSSR count). The van der Waals surface area contributed by atoms with Gasteiger partial charge in [-0.25, -0.2) is 5.43 Å². The van der Waals surface area contributed by atoms with Crippen LogP contribution in [0.15, 0.2) is 71.8 Å². The van der Waals surface area contributed by atoms with Crippen molar-refractivity contribution in [2.24, 2.45) is 5.10 Å². The number of non-ortho nitro benzene ring substituents is 1. The van der Waals surface area contributed by atoms with E-state index in [0.717, 1.165) is 5.56 Å². The van der Waals surface area contributed by atoms with Crippen molar-refractivity contribution in [1.29, 1.82) is 0 Å². The molecular formula is C28H30N4O7. The van der Waals surface area contributed by atoms with Crippen molar-refractivity contribution < 1.29 is 28.7 Å². The Morgan fingerprint density at radius 1 is 0.872 bits per heavy atom. The summed E-state index contributed by atoms with van der Waals surface area (Å²) in [6, 6.07) is 18.3.